The molecule has 0 bridgehead atoms. The number of oxazole rings is 1. The molecule has 1 aromatic heterocycles. The highest BCUT2D eigenvalue weighted by molar-refractivity contribution is 5.73. The summed E-state index contributed by atoms with van der Waals surface area (Å²) < 4.78 is 6.51. The van der Waals surface area contributed by atoms with Crippen molar-refractivity contribution in [3.05, 3.63) is 34.3 Å². The van der Waals surface area contributed by atoms with Gasteiger partial charge < -0.3 is 9.52 Å². The van der Waals surface area contributed by atoms with E-state index >= 15 is 0 Å². The number of nitrogens with zero attached hydrogens (tertiary/aromatic N) is 1. The molecule has 1 N–H and O–H groups in total. The molecular weight excluding hydrogens is 206 g/mol. The molecule has 2 rings (SSSR count). The van der Waals surface area contributed by atoms with Crippen LogP contribution in [0.25, 0.3) is 11.1 Å². The average Bonchev–Trinajstić information content (AvgIpc) is 2.55. The van der Waals surface area contributed by atoms with E-state index in [1.54, 1.807) is 19.2 Å². The lowest BCUT2D eigenvalue weighted by Crippen LogP contribution is -2.08. The van der Waals surface area contributed by atoms with E-state index in [1.165, 1.54) is 4.57 Å². The smallest absolute Gasteiger partial charge is 0.408 e. The third-order valence-corrected chi connectivity index (χ3v) is 2.76. The van der Waals surface area contributed by atoms with Crippen LogP contribution in [0.5, 0.6) is 0 Å². The van der Waals surface area contributed by atoms with Gasteiger partial charge in [-0.3, -0.25) is 4.57 Å². The first-order chi connectivity index (χ1) is 7.63. The van der Waals surface area contributed by atoms with E-state index in [9.17, 15) is 9.90 Å². The number of rotatable bonds is 3. The predicted octanol–water partition coefficient (Wildman–Crippen LogP) is 1.96. The number of fused-ring (bicyclic) bond motifs is 1. The van der Waals surface area contributed by atoms with Gasteiger partial charge in [0.1, 0.15) is 0 Å². The molecule has 2 aromatic rings. The quantitative estimate of drug-likeness (QED) is 0.862. The molecule has 4 heteroatoms. The van der Waals surface area contributed by atoms with Gasteiger partial charge >= 0.3 is 5.76 Å². The maximum Gasteiger partial charge on any atom is 0.419 e. The van der Waals surface area contributed by atoms with Crippen molar-refractivity contribution in [2.24, 2.45) is 7.05 Å². The molecule has 0 radical (unpaired) electrons. The average molecular weight is 221 g/mol. The Labute approximate surface area is 93.1 Å². The fourth-order valence-electron chi connectivity index (χ4n) is 1.80. The number of aliphatic hydroxyl groups excluding tert-OH is 1. The van der Waals surface area contributed by atoms with Crippen molar-refractivity contribution in [1.82, 2.24) is 4.57 Å². The highest BCUT2D eigenvalue weighted by Gasteiger charge is 2.10. The minimum atomic E-state index is -0.486. The van der Waals surface area contributed by atoms with Gasteiger partial charge in [-0.2, -0.15) is 0 Å². The van der Waals surface area contributed by atoms with E-state index in [-0.39, 0.29) is 5.76 Å². The molecule has 1 unspecified atom stereocenters. The summed E-state index contributed by atoms with van der Waals surface area (Å²) in [7, 11) is 1.66. The second kappa shape index (κ2) is 4.14. The zero-order valence-corrected chi connectivity index (χ0v) is 9.43. The van der Waals surface area contributed by atoms with Gasteiger partial charge in [-0.05, 0) is 24.1 Å². The van der Waals surface area contributed by atoms with E-state index in [2.05, 4.69) is 0 Å². The van der Waals surface area contributed by atoms with Gasteiger partial charge in [0.15, 0.2) is 5.58 Å². The summed E-state index contributed by atoms with van der Waals surface area (Å²) >= 11 is 0. The van der Waals surface area contributed by atoms with Crippen LogP contribution >= 0.6 is 0 Å². The standard InChI is InChI=1S/C12H15NO3/c1-3-4-10(14)8-5-6-9-11(7-8)16-12(15)13(9)2/h5-7,10,14H,3-4H2,1-2H3. The van der Waals surface area contributed by atoms with Crippen LogP contribution in [-0.2, 0) is 7.05 Å². The molecule has 4 nitrogen and oxygen atoms in total. The van der Waals surface area contributed by atoms with E-state index in [1.807, 2.05) is 13.0 Å². The molecule has 16 heavy (non-hydrogen) atoms. The van der Waals surface area contributed by atoms with Crippen molar-refractivity contribution in [3.8, 4) is 0 Å². The number of hydrogen-bond acceptors (Lipinski definition) is 3. The Morgan fingerprint density at radius 3 is 2.94 bits per heavy atom. The molecule has 1 aromatic carbocycles. The first-order valence-electron chi connectivity index (χ1n) is 5.41. The molecule has 1 heterocycles. The number of aromatic nitrogens is 1. The minimum absolute atomic E-state index is 0.378. The molecule has 0 saturated carbocycles. The molecule has 0 spiro atoms. The summed E-state index contributed by atoms with van der Waals surface area (Å²) in [6, 6.07) is 5.36. The van der Waals surface area contributed by atoms with Crippen LogP contribution in [0.1, 0.15) is 31.4 Å². The Bertz CT molecular complexity index is 553. The Morgan fingerprint density at radius 1 is 1.50 bits per heavy atom. The van der Waals surface area contributed by atoms with Crippen molar-refractivity contribution in [1.29, 1.82) is 0 Å². The van der Waals surface area contributed by atoms with Crippen LogP contribution < -0.4 is 5.76 Å². The minimum Gasteiger partial charge on any atom is -0.408 e. The fourth-order valence-corrected chi connectivity index (χ4v) is 1.80. The second-order valence-corrected chi connectivity index (χ2v) is 3.96. The lowest BCUT2D eigenvalue weighted by Gasteiger charge is -2.08. The number of benzene rings is 1. The van der Waals surface area contributed by atoms with E-state index in [0.29, 0.717) is 12.0 Å². The second-order valence-electron chi connectivity index (χ2n) is 3.96. The first kappa shape index (κ1) is 11.0. The monoisotopic (exact) mass is 221 g/mol. The summed E-state index contributed by atoms with van der Waals surface area (Å²) in [5, 5.41) is 9.83. The summed E-state index contributed by atoms with van der Waals surface area (Å²) in [5.74, 6) is -0.378. The van der Waals surface area contributed by atoms with E-state index in [0.717, 1.165) is 17.5 Å². The number of aryl methyl sites for hydroxylation is 1. The molecular formula is C12H15NO3. The number of hydrogen-bond donors (Lipinski definition) is 1. The molecule has 0 aliphatic carbocycles. The van der Waals surface area contributed by atoms with Gasteiger partial charge in [-0.1, -0.05) is 19.4 Å². The van der Waals surface area contributed by atoms with Crippen LogP contribution in [-0.4, -0.2) is 9.67 Å². The van der Waals surface area contributed by atoms with Crippen molar-refractivity contribution >= 4 is 11.1 Å². The molecule has 0 saturated heterocycles. The summed E-state index contributed by atoms with van der Waals surface area (Å²) in [4.78, 5) is 11.3. The van der Waals surface area contributed by atoms with Crippen molar-refractivity contribution < 1.29 is 9.52 Å². The topological polar surface area (TPSA) is 55.4 Å². The van der Waals surface area contributed by atoms with E-state index < -0.39 is 6.10 Å². The van der Waals surface area contributed by atoms with Crippen LogP contribution in [0.2, 0.25) is 0 Å². The van der Waals surface area contributed by atoms with Crippen LogP contribution in [0.4, 0.5) is 0 Å². The SMILES string of the molecule is CCCC(O)c1ccc2c(c1)oc(=O)n2C. The largest absolute Gasteiger partial charge is 0.419 e. The molecule has 0 fully saturated rings. The Kier molecular flexibility index (Phi) is 2.83. The lowest BCUT2D eigenvalue weighted by atomic mass is 10.1. The van der Waals surface area contributed by atoms with Gasteiger partial charge in [0.25, 0.3) is 0 Å². The van der Waals surface area contributed by atoms with Crippen molar-refractivity contribution in [2.75, 3.05) is 0 Å². The Morgan fingerprint density at radius 2 is 2.25 bits per heavy atom. The molecule has 0 aliphatic rings. The molecule has 0 aliphatic heterocycles. The zero-order valence-electron chi connectivity index (χ0n) is 9.43. The molecule has 1 atom stereocenters. The highest BCUT2D eigenvalue weighted by atomic mass is 16.4. The van der Waals surface area contributed by atoms with E-state index in [4.69, 9.17) is 4.42 Å². The zero-order chi connectivity index (χ0) is 11.7. The van der Waals surface area contributed by atoms with Crippen molar-refractivity contribution in [3.63, 3.8) is 0 Å². The van der Waals surface area contributed by atoms with Crippen molar-refractivity contribution in [2.45, 2.75) is 25.9 Å². The van der Waals surface area contributed by atoms with Gasteiger partial charge in [0, 0.05) is 7.05 Å². The normalized spacial score (nSPS) is 13.2. The van der Waals surface area contributed by atoms with Gasteiger partial charge in [-0.15, -0.1) is 0 Å². The molecule has 0 amide bonds. The maximum atomic E-state index is 11.3. The predicted molar refractivity (Wildman–Crippen MR) is 61.3 cm³/mol. The van der Waals surface area contributed by atoms with Gasteiger partial charge in [0.2, 0.25) is 0 Å². The van der Waals surface area contributed by atoms with Gasteiger partial charge in [-0.25, -0.2) is 4.79 Å². The molecule has 86 valence electrons. The fraction of sp³-hybridized carbons (Fsp3) is 0.417. The third-order valence-electron chi connectivity index (χ3n) is 2.76. The van der Waals surface area contributed by atoms with Crippen LogP contribution in [0.15, 0.2) is 27.4 Å². The lowest BCUT2D eigenvalue weighted by molar-refractivity contribution is 0.166. The summed E-state index contributed by atoms with van der Waals surface area (Å²) in [6.45, 7) is 2.02. The maximum absolute atomic E-state index is 11.3. The van der Waals surface area contributed by atoms with Crippen LogP contribution in [0, 0.1) is 0 Å². The Hall–Kier alpha value is -1.55. The first-order valence-corrected chi connectivity index (χ1v) is 5.41. The van der Waals surface area contributed by atoms with Crippen LogP contribution in [0.3, 0.4) is 0 Å². The third kappa shape index (κ3) is 1.76. The summed E-state index contributed by atoms with van der Waals surface area (Å²) in [6.07, 6.45) is 1.14. The number of aliphatic hydroxyl groups is 1. The highest BCUT2D eigenvalue weighted by Crippen LogP contribution is 2.22. The summed E-state index contributed by atoms with van der Waals surface area (Å²) in [5.41, 5.74) is 2.07. The Balaban J connectivity index is 2.48. The van der Waals surface area contributed by atoms with Gasteiger partial charge in [0.05, 0.1) is 11.6 Å².